The van der Waals surface area contributed by atoms with Crippen LogP contribution in [0.4, 0.5) is 8.78 Å². The van der Waals surface area contributed by atoms with E-state index >= 15 is 0 Å². The highest BCUT2D eigenvalue weighted by molar-refractivity contribution is 7.90. The van der Waals surface area contributed by atoms with Crippen molar-refractivity contribution in [3.8, 4) is 16.8 Å². The minimum absolute atomic E-state index is 0.194. The maximum atomic E-state index is 14.6. The predicted molar refractivity (Wildman–Crippen MR) is 137 cm³/mol. The maximum Gasteiger partial charge on any atom is 0.176 e. The van der Waals surface area contributed by atoms with Crippen LogP contribution in [0.15, 0.2) is 65.7 Å². The van der Waals surface area contributed by atoms with Crippen LogP contribution in [-0.4, -0.2) is 34.4 Å². The van der Waals surface area contributed by atoms with Gasteiger partial charge in [0.25, 0.3) is 0 Å². The Morgan fingerprint density at radius 1 is 1.03 bits per heavy atom. The zero-order chi connectivity index (χ0) is 27.1. The molecule has 0 bridgehead atoms. The maximum absolute atomic E-state index is 14.6. The van der Waals surface area contributed by atoms with Gasteiger partial charge in [0.2, 0.25) is 0 Å². The Kier molecular flexibility index (Phi) is 7.27. The Labute approximate surface area is 218 Å². The zero-order valence-electron chi connectivity index (χ0n) is 20.3. The number of imidazole rings is 1. The smallest absolute Gasteiger partial charge is 0.176 e. The lowest BCUT2D eigenvalue weighted by Crippen LogP contribution is -2.15. The Morgan fingerprint density at radius 2 is 1.70 bits per heavy atom. The molecule has 0 saturated carbocycles. The molecule has 3 aromatic carbocycles. The molecule has 0 aliphatic carbocycles. The molecule has 0 radical (unpaired) electrons. The fourth-order valence-electron chi connectivity index (χ4n) is 3.99. The van der Waals surface area contributed by atoms with Crippen molar-refractivity contribution in [2.24, 2.45) is 0 Å². The molecule has 194 valence electrons. The van der Waals surface area contributed by atoms with Crippen LogP contribution in [0.3, 0.4) is 0 Å². The van der Waals surface area contributed by atoms with Gasteiger partial charge in [-0.1, -0.05) is 23.7 Å². The molecule has 0 spiro atoms. The van der Waals surface area contributed by atoms with Crippen molar-refractivity contribution in [3.63, 3.8) is 0 Å². The molecule has 2 N–H and O–H groups in total. The first-order chi connectivity index (χ1) is 17.3. The largest absolute Gasteiger partial charge is 0.392 e. The van der Waals surface area contributed by atoms with Gasteiger partial charge in [-0.3, -0.25) is 0 Å². The summed E-state index contributed by atoms with van der Waals surface area (Å²) in [6.45, 7) is 2.47. The lowest BCUT2D eigenvalue weighted by Gasteiger charge is -2.13. The summed E-state index contributed by atoms with van der Waals surface area (Å²) >= 11 is 6.27. The third kappa shape index (κ3) is 5.75. The number of hydrogen-bond acceptors (Lipinski definition) is 5. The third-order valence-electron chi connectivity index (χ3n) is 5.95. The number of rotatable bonds is 7. The molecule has 10 heteroatoms. The van der Waals surface area contributed by atoms with E-state index < -0.39 is 33.7 Å². The van der Waals surface area contributed by atoms with Crippen molar-refractivity contribution >= 4 is 21.4 Å². The van der Waals surface area contributed by atoms with Crippen LogP contribution in [0.2, 0.25) is 5.02 Å². The summed E-state index contributed by atoms with van der Waals surface area (Å²) in [5.74, 6) is -0.740. The quantitative estimate of drug-likeness (QED) is 0.333. The number of nitrogens with zero attached hydrogens (tertiary/aromatic N) is 2. The second-order valence-corrected chi connectivity index (χ2v) is 11.7. The molecule has 1 aromatic heterocycles. The minimum atomic E-state index is -3.78. The van der Waals surface area contributed by atoms with E-state index in [1.165, 1.54) is 30.3 Å². The van der Waals surface area contributed by atoms with E-state index in [2.05, 4.69) is 4.98 Å². The van der Waals surface area contributed by atoms with Crippen molar-refractivity contribution in [2.45, 2.75) is 37.4 Å². The first kappa shape index (κ1) is 26.9. The fourth-order valence-corrected chi connectivity index (χ4v) is 5.12. The molecular weight excluding hydrogens is 522 g/mol. The van der Waals surface area contributed by atoms with Gasteiger partial charge in [-0.05, 0) is 73.0 Å². The monoisotopic (exact) mass is 546 g/mol. The van der Waals surface area contributed by atoms with Gasteiger partial charge < -0.3 is 14.8 Å². The van der Waals surface area contributed by atoms with Gasteiger partial charge in [-0.2, -0.15) is 0 Å². The zero-order valence-corrected chi connectivity index (χ0v) is 21.9. The van der Waals surface area contributed by atoms with E-state index in [4.69, 9.17) is 11.6 Å². The highest BCUT2D eigenvalue weighted by atomic mass is 35.5. The molecule has 0 aliphatic rings. The minimum Gasteiger partial charge on any atom is -0.392 e. The molecular formula is C27H25ClF2N2O4S. The molecule has 37 heavy (non-hydrogen) atoms. The number of aliphatic hydroxyl groups excluding tert-OH is 1. The molecule has 0 amide bonds. The normalized spacial score (nSPS) is 12.2. The van der Waals surface area contributed by atoms with Crippen LogP contribution in [-0.2, 0) is 28.5 Å². The summed E-state index contributed by atoms with van der Waals surface area (Å²) < 4.78 is 54.5. The Morgan fingerprint density at radius 3 is 2.30 bits per heavy atom. The highest BCUT2D eigenvalue weighted by Crippen LogP contribution is 2.30. The third-order valence-corrected chi connectivity index (χ3v) is 7.48. The van der Waals surface area contributed by atoms with Crippen molar-refractivity contribution in [3.05, 3.63) is 100 Å². The van der Waals surface area contributed by atoms with E-state index in [-0.39, 0.29) is 16.9 Å². The first-order valence-corrected chi connectivity index (χ1v) is 13.5. The fraction of sp³-hybridized carbons (Fsp3) is 0.222. The van der Waals surface area contributed by atoms with Gasteiger partial charge in [0.1, 0.15) is 23.1 Å². The molecule has 0 fully saturated rings. The number of hydrogen-bond donors (Lipinski definition) is 2. The Hall–Kier alpha value is -3.11. The SMILES string of the molecule is CC(C)(O)c1cn(-c2ccc(-c3cc(F)c(CO)c(S(C)(=O)=O)c3)cc2)c(Cc2cc(F)ccc2Cl)n1. The van der Waals surface area contributed by atoms with Gasteiger partial charge in [0.15, 0.2) is 9.84 Å². The van der Waals surface area contributed by atoms with Crippen LogP contribution in [0, 0.1) is 11.6 Å². The summed E-state index contributed by atoms with van der Waals surface area (Å²) in [5.41, 5.74) is 0.954. The Balaban J connectivity index is 1.77. The van der Waals surface area contributed by atoms with Gasteiger partial charge in [0.05, 0.1) is 17.2 Å². The second kappa shape index (κ2) is 9.98. The van der Waals surface area contributed by atoms with Crippen molar-refractivity contribution in [1.29, 1.82) is 0 Å². The number of aliphatic hydroxyl groups is 2. The summed E-state index contributed by atoms with van der Waals surface area (Å²) in [7, 11) is -3.78. The first-order valence-electron chi connectivity index (χ1n) is 11.3. The molecule has 4 aromatic rings. The van der Waals surface area contributed by atoms with E-state index in [0.717, 1.165) is 6.26 Å². The van der Waals surface area contributed by atoms with E-state index in [9.17, 15) is 27.4 Å². The number of aromatic nitrogens is 2. The van der Waals surface area contributed by atoms with Gasteiger partial charge in [-0.15, -0.1) is 0 Å². The molecule has 6 nitrogen and oxygen atoms in total. The van der Waals surface area contributed by atoms with Gasteiger partial charge in [-0.25, -0.2) is 22.2 Å². The predicted octanol–water partition coefficient (Wildman–Crippen LogP) is 5.18. The van der Waals surface area contributed by atoms with Crippen LogP contribution < -0.4 is 0 Å². The van der Waals surface area contributed by atoms with Gasteiger partial charge in [0, 0.05) is 35.1 Å². The number of benzene rings is 3. The number of sulfone groups is 1. The standard InChI is InChI=1S/C27H25ClF2N2O4S/c1-27(2,34)25-14-32(26(31-25)13-18-10-19(29)6-9-22(18)28)20-7-4-16(5-8-20)17-11-23(30)21(15-33)24(12-17)37(3,35)36/h4-12,14,33-34H,13,15H2,1-3H3. The molecule has 4 rings (SSSR count). The summed E-state index contributed by atoms with van der Waals surface area (Å²) in [6, 6.07) is 13.4. The van der Waals surface area contributed by atoms with Crippen LogP contribution >= 0.6 is 11.6 Å². The lowest BCUT2D eigenvalue weighted by atomic mass is 10.0. The summed E-state index contributed by atoms with van der Waals surface area (Å²) in [4.78, 5) is 4.30. The van der Waals surface area contributed by atoms with Crippen molar-refractivity contribution in [1.82, 2.24) is 9.55 Å². The molecule has 0 aliphatic heterocycles. The number of halogens is 3. The van der Waals surface area contributed by atoms with Crippen LogP contribution in [0.1, 0.15) is 36.5 Å². The van der Waals surface area contributed by atoms with E-state index in [0.29, 0.717) is 38.9 Å². The average Bonchev–Trinajstić information content (AvgIpc) is 3.25. The summed E-state index contributed by atoms with van der Waals surface area (Å²) in [6.07, 6.45) is 2.83. The second-order valence-electron chi connectivity index (χ2n) is 9.30. The van der Waals surface area contributed by atoms with Crippen LogP contribution in [0.5, 0.6) is 0 Å². The Bertz CT molecular complexity index is 1580. The van der Waals surface area contributed by atoms with E-state index in [1.54, 1.807) is 48.9 Å². The van der Waals surface area contributed by atoms with Crippen molar-refractivity contribution < 1.29 is 27.4 Å². The molecule has 0 saturated heterocycles. The topological polar surface area (TPSA) is 92.4 Å². The van der Waals surface area contributed by atoms with E-state index in [1.807, 2.05) is 0 Å². The summed E-state index contributed by atoms with van der Waals surface area (Å²) in [5, 5.41) is 20.4. The highest BCUT2D eigenvalue weighted by Gasteiger charge is 2.23. The van der Waals surface area contributed by atoms with Crippen molar-refractivity contribution in [2.75, 3.05) is 6.26 Å². The molecule has 0 unspecified atom stereocenters. The molecule has 0 atom stereocenters. The van der Waals surface area contributed by atoms with Gasteiger partial charge >= 0.3 is 0 Å². The average molecular weight is 547 g/mol. The lowest BCUT2D eigenvalue weighted by molar-refractivity contribution is 0.0741. The molecule has 1 heterocycles. The van der Waals surface area contributed by atoms with Crippen LogP contribution in [0.25, 0.3) is 16.8 Å².